The molecule has 4 heteroatoms. The van der Waals surface area contributed by atoms with E-state index in [1.165, 1.54) is 6.42 Å². The molecule has 2 aromatic rings. The first-order chi connectivity index (χ1) is 9.69. The highest BCUT2D eigenvalue weighted by atomic mass is 15.2. The minimum absolute atomic E-state index is 0.699. The lowest BCUT2D eigenvalue weighted by Gasteiger charge is -2.36. The minimum Gasteiger partial charge on any atom is -0.357 e. The molecule has 2 unspecified atom stereocenters. The summed E-state index contributed by atoms with van der Waals surface area (Å²) in [5.41, 5.74) is 1.01. The van der Waals surface area contributed by atoms with Crippen molar-refractivity contribution < 1.29 is 0 Å². The Morgan fingerprint density at radius 1 is 1.15 bits per heavy atom. The molecular weight excluding hydrogens is 248 g/mol. The Hall–Kier alpha value is -1.84. The van der Waals surface area contributed by atoms with Crippen molar-refractivity contribution >= 4 is 22.7 Å². The fourth-order valence-corrected chi connectivity index (χ4v) is 2.87. The number of piperidine rings is 1. The SMILES string of the molecule is CNc1nc(N2CCC(C)C(C)C2)c2ccccc2n1. The quantitative estimate of drug-likeness (QED) is 0.910. The van der Waals surface area contributed by atoms with Gasteiger partial charge in [0.05, 0.1) is 5.52 Å². The van der Waals surface area contributed by atoms with Gasteiger partial charge in [-0.05, 0) is 30.4 Å². The molecule has 0 amide bonds. The van der Waals surface area contributed by atoms with E-state index in [-0.39, 0.29) is 0 Å². The van der Waals surface area contributed by atoms with Gasteiger partial charge in [-0.3, -0.25) is 0 Å². The van der Waals surface area contributed by atoms with Gasteiger partial charge in [0.2, 0.25) is 5.95 Å². The Bertz CT molecular complexity index is 610. The number of nitrogens with zero attached hydrogens (tertiary/aromatic N) is 3. The zero-order valence-electron chi connectivity index (χ0n) is 12.4. The van der Waals surface area contributed by atoms with Crippen LogP contribution in [0.4, 0.5) is 11.8 Å². The molecule has 0 spiro atoms. The highest BCUT2D eigenvalue weighted by molar-refractivity contribution is 5.90. The molecule has 106 valence electrons. The van der Waals surface area contributed by atoms with Crippen molar-refractivity contribution in [1.82, 2.24) is 9.97 Å². The van der Waals surface area contributed by atoms with Gasteiger partial charge < -0.3 is 10.2 Å². The average molecular weight is 270 g/mol. The Balaban J connectivity index is 2.05. The number of nitrogens with one attached hydrogen (secondary N) is 1. The van der Waals surface area contributed by atoms with Crippen molar-refractivity contribution in [3.05, 3.63) is 24.3 Å². The van der Waals surface area contributed by atoms with Crippen LogP contribution in [0.5, 0.6) is 0 Å². The second kappa shape index (κ2) is 5.27. The first-order valence-corrected chi connectivity index (χ1v) is 7.38. The van der Waals surface area contributed by atoms with Gasteiger partial charge in [-0.2, -0.15) is 4.98 Å². The summed E-state index contributed by atoms with van der Waals surface area (Å²) in [4.78, 5) is 11.7. The van der Waals surface area contributed by atoms with Crippen LogP contribution in [0.25, 0.3) is 10.9 Å². The number of benzene rings is 1. The molecule has 1 aromatic heterocycles. The molecule has 1 fully saturated rings. The van der Waals surface area contributed by atoms with Gasteiger partial charge in [0.1, 0.15) is 5.82 Å². The molecule has 0 radical (unpaired) electrons. The van der Waals surface area contributed by atoms with Crippen LogP contribution in [0, 0.1) is 11.8 Å². The molecule has 1 N–H and O–H groups in total. The van der Waals surface area contributed by atoms with Crippen molar-refractivity contribution in [2.75, 3.05) is 30.4 Å². The molecule has 2 atom stereocenters. The van der Waals surface area contributed by atoms with Gasteiger partial charge in [-0.1, -0.05) is 26.0 Å². The molecule has 4 nitrogen and oxygen atoms in total. The highest BCUT2D eigenvalue weighted by Gasteiger charge is 2.25. The summed E-state index contributed by atoms with van der Waals surface area (Å²) in [7, 11) is 1.87. The van der Waals surface area contributed by atoms with E-state index in [9.17, 15) is 0 Å². The van der Waals surface area contributed by atoms with Crippen molar-refractivity contribution in [2.45, 2.75) is 20.3 Å². The number of aromatic nitrogens is 2. The molecule has 0 saturated carbocycles. The molecule has 1 saturated heterocycles. The standard InChI is InChI=1S/C16H22N4/c1-11-8-9-20(10-12(11)2)15-13-6-4-5-7-14(13)18-16(17-3)19-15/h4-7,11-12H,8-10H2,1-3H3,(H,17,18,19). The van der Waals surface area contributed by atoms with E-state index in [4.69, 9.17) is 4.98 Å². The number of hydrogen-bond acceptors (Lipinski definition) is 4. The van der Waals surface area contributed by atoms with E-state index in [2.05, 4.69) is 47.2 Å². The van der Waals surface area contributed by atoms with Crippen LogP contribution >= 0.6 is 0 Å². The third kappa shape index (κ3) is 2.30. The Labute approximate surface area is 120 Å². The molecule has 1 aromatic carbocycles. The van der Waals surface area contributed by atoms with Gasteiger partial charge in [-0.15, -0.1) is 0 Å². The van der Waals surface area contributed by atoms with E-state index in [1.54, 1.807) is 0 Å². The fraction of sp³-hybridized carbons (Fsp3) is 0.500. The maximum Gasteiger partial charge on any atom is 0.224 e. The first kappa shape index (κ1) is 13.2. The van der Waals surface area contributed by atoms with Crippen molar-refractivity contribution in [3.8, 4) is 0 Å². The van der Waals surface area contributed by atoms with Crippen LogP contribution in [0.3, 0.4) is 0 Å². The van der Waals surface area contributed by atoms with Crippen molar-refractivity contribution in [1.29, 1.82) is 0 Å². The van der Waals surface area contributed by atoms with Crippen LogP contribution < -0.4 is 10.2 Å². The Morgan fingerprint density at radius 3 is 2.70 bits per heavy atom. The van der Waals surface area contributed by atoms with Gasteiger partial charge in [0, 0.05) is 25.5 Å². The number of rotatable bonds is 2. The topological polar surface area (TPSA) is 41.1 Å². The molecule has 2 heterocycles. The summed E-state index contributed by atoms with van der Waals surface area (Å²) in [6.45, 7) is 6.83. The van der Waals surface area contributed by atoms with Gasteiger partial charge in [0.25, 0.3) is 0 Å². The normalized spacial score (nSPS) is 23.1. The molecule has 1 aliphatic rings. The third-order valence-corrected chi connectivity index (χ3v) is 4.44. The second-order valence-corrected chi connectivity index (χ2v) is 5.83. The largest absolute Gasteiger partial charge is 0.357 e. The summed E-state index contributed by atoms with van der Waals surface area (Å²) in [5.74, 6) is 3.27. The monoisotopic (exact) mass is 270 g/mol. The first-order valence-electron chi connectivity index (χ1n) is 7.38. The van der Waals surface area contributed by atoms with Gasteiger partial charge >= 0.3 is 0 Å². The van der Waals surface area contributed by atoms with E-state index in [0.29, 0.717) is 11.9 Å². The summed E-state index contributed by atoms with van der Waals surface area (Å²) < 4.78 is 0. The lowest BCUT2D eigenvalue weighted by atomic mass is 9.88. The maximum absolute atomic E-state index is 4.71. The van der Waals surface area contributed by atoms with E-state index in [0.717, 1.165) is 35.7 Å². The maximum atomic E-state index is 4.71. The lowest BCUT2D eigenvalue weighted by Crippen LogP contribution is -2.39. The molecule has 20 heavy (non-hydrogen) atoms. The predicted molar refractivity (Wildman–Crippen MR) is 84.2 cm³/mol. The summed E-state index contributed by atoms with van der Waals surface area (Å²) in [5, 5.41) is 4.22. The van der Waals surface area contributed by atoms with Crippen LogP contribution in [0.15, 0.2) is 24.3 Å². The number of hydrogen-bond donors (Lipinski definition) is 1. The zero-order chi connectivity index (χ0) is 14.1. The van der Waals surface area contributed by atoms with Gasteiger partial charge in [0.15, 0.2) is 0 Å². The van der Waals surface area contributed by atoms with E-state index >= 15 is 0 Å². The Kier molecular flexibility index (Phi) is 3.47. The number of fused-ring (bicyclic) bond motifs is 1. The van der Waals surface area contributed by atoms with Crippen LogP contribution in [0.1, 0.15) is 20.3 Å². The lowest BCUT2D eigenvalue weighted by molar-refractivity contribution is 0.323. The zero-order valence-corrected chi connectivity index (χ0v) is 12.4. The van der Waals surface area contributed by atoms with E-state index in [1.807, 2.05) is 13.1 Å². The molecule has 0 aliphatic carbocycles. The summed E-state index contributed by atoms with van der Waals surface area (Å²) >= 11 is 0. The molecule has 3 rings (SSSR count). The van der Waals surface area contributed by atoms with Crippen LogP contribution in [0.2, 0.25) is 0 Å². The fourth-order valence-electron chi connectivity index (χ4n) is 2.87. The number of anilines is 2. The van der Waals surface area contributed by atoms with Crippen molar-refractivity contribution in [3.63, 3.8) is 0 Å². The predicted octanol–water partition coefficient (Wildman–Crippen LogP) is 3.15. The van der Waals surface area contributed by atoms with Crippen LogP contribution in [-0.2, 0) is 0 Å². The van der Waals surface area contributed by atoms with Gasteiger partial charge in [-0.25, -0.2) is 4.98 Å². The summed E-state index contributed by atoms with van der Waals surface area (Å²) in [6.07, 6.45) is 1.23. The highest BCUT2D eigenvalue weighted by Crippen LogP contribution is 2.30. The molecule has 0 bridgehead atoms. The van der Waals surface area contributed by atoms with Crippen LogP contribution in [-0.4, -0.2) is 30.1 Å². The molecule has 1 aliphatic heterocycles. The summed E-state index contributed by atoms with van der Waals surface area (Å²) in [6, 6.07) is 8.26. The Morgan fingerprint density at radius 2 is 1.95 bits per heavy atom. The minimum atomic E-state index is 0.699. The molecular formula is C16H22N4. The van der Waals surface area contributed by atoms with Crippen molar-refractivity contribution in [2.24, 2.45) is 11.8 Å². The third-order valence-electron chi connectivity index (χ3n) is 4.44. The average Bonchev–Trinajstić information content (AvgIpc) is 2.49. The second-order valence-electron chi connectivity index (χ2n) is 5.83. The van der Waals surface area contributed by atoms with E-state index < -0.39 is 0 Å². The number of para-hydroxylation sites is 1. The smallest absolute Gasteiger partial charge is 0.224 e.